The summed E-state index contributed by atoms with van der Waals surface area (Å²) in [6, 6.07) is 4.95. The molecule has 0 bridgehead atoms. The van der Waals surface area contributed by atoms with E-state index in [1.165, 1.54) is 7.11 Å². The number of ether oxygens (including phenoxy) is 1. The first kappa shape index (κ1) is 17.5. The van der Waals surface area contributed by atoms with Gasteiger partial charge in [-0.15, -0.1) is 0 Å². The zero-order chi connectivity index (χ0) is 16.0. The average Bonchev–Trinajstić information content (AvgIpc) is 2.42. The fourth-order valence-corrected chi connectivity index (χ4v) is 2.17. The Balaban J connectivity index is 3.00. The van der Waals surface area contributed by atoms with Gasteiger partial charge in [0.1, 0.15) is 5.75 Å². The molecule has 0 heterocycles. The van der Waals surface area contributed by atoms with E-state index in [1.807, 2.05) is 32.9 Å². The first-order valence-electron chi connectivity index (χ1n) is 7.13. The van der Waals surface area contributed by atoms with Crippen molar-refractivity contribution in [3.8, 4) is 5.75 Å². The van der Waals surface area contributed by atoms with Gasteiger partial charge in [-0.25, -0.2) is 0 Å². The van der Waals surface area contributed by atoms with Gasteiger partial charge in [-0.2, -0.15) is 0 Å². The largest absolute Gasteiger partial charge is 0.496 e. The average molecular weight is 295 g/mol. The number of aliphatic hydroxyl groups excluding tert-OH is 1. The van der Waals surface area contributed by atoms with Gasteiger partial charge < -0.3 is 20.3 Å². The minimum atomic E-state index is -0.943. The molecule has 0 radical (unpaired) electrons. The van der Waals surface area contributed by atoms with Gasteiger partial charge >= 0.3 is 5.97 Å². The maximum absolute atomic E-state index is 11.0. The summed E-state index contributed by atoms with van der Waals surface area (Å²) in [4.78, 5) is 11.0. The Morgan fingerprint density at radius 1 is 1.38 bits per heavy atom. The standard InChI is InChI=1S/C16H25NO4/c1-10(2)9-17-13(8-15(18)19)16(20)12-7-11(3)5-6-14(12)21-4/h5-7,10,13,16-17,20H,8-9H2,1-4H3,(H,18,19). The van der Waals surface area contributed by atoms with E-state index >= 15 is 0 Å². The summed E-state index contributed by atoms with van der Waals surface area (Å²) >= 11 is 0. The molecule has 0 aromatic heterocycles. The van der Waals surface area contributed by atoms with Crippen molar-refractivity contribution < 1.29 is 19.7 Å². The lowest BCUT2D eigenvalue weighted by molar-refractivity contribution is -0.138. The van der Waals surface area contributed by atoms with Crippen molar-refractivity contribution in [2.75, 3.05) is 13.7 Å². The van der Waals surface area contributed by atoms with Crippen molar-refractivity contribution in [3.05, 3.63) is 29.3 Å². The van der Waals surface area contributed by atoms with Crippen LogP contribution in [0, 0.1) is 12.8 Å². The van der Waals surface area contributed by atoms with Crippen molar-refractivity contribution >= 4 is 5.97 Å². The van der Waals surface area contributed by atoms with Crippen molar-refractivity contribution in [1.82, 2.24) is 5.32 Å². The molecule has 1 aromatic rings. The Labute approximate surface area is 125 Å². The number of aliphatic carboxylic acids is 1. The number of aryl methyl sites for hydroxylation is 1. The number of benzene rings is 1. The third kappa shape index (κ3) is 5.36. The van der Waals surface area contributed by atoms with Crippen LogP contribution in [0.15, 0.2) is 18.2 Å². The SMILES string of the molecule is COc1ccc(C)cc1C(O)C(CC(=O)O)NCC(C)C. The van der Waals surface area contributed by atoms with Crippen LogP contribution in [0.25, 0.3) is 0 Å². The monoisotopic (exact) mass is 295 g/mol. The van der Waals surface area contributed by atoms with Crippen LogP contribution in [0.1, 0.15) is 37.5 Å². The molecule has 21 heavy (non-hydrogen) atoms. The van der Waals surface area contributed by atoms with Crippen LogP contribution < -0.4 is 10.1 Å². The number of methoxy groups -OCH3 is 1. The normalized spacial score (nSPS) is 14.0. The van der Waals surface area contributed by atoms with Gasteiger partial charge in [-0.3, -0.25) is 4.79 Å². The second kappa shape index (κ2) is 8.00. The topological polar surface area (TPSA) is 78.8 Å². The zero-order valence-electron chi connectivity index (χ0n) is 13.1. The molecule has 0 aliphatic rings. The third-order valence-corrected chi connectivity index (χ3v) is 3.27. The molecular formula is C16H25NO4. The van der Waals surface area contributed by atoms with Gasteiger partial charge in [0.05, 0.1) is 19.6 Å². The summed E-state index contributed by atoms with van der Waals surface area (Å²) < 4.78 is 5.27. The van der Waals surface area contributed by atoms with Gasteiger partial charge in [0.25, 0.3) is 0 Å². The Kier molecular flexibility index (Phi) is 6.65. The molecule has 0 saturated heterocycles. The van der Waals surface area contributed by atoms with E-state index in [2.05, 4.69) is 5.32 Å². The highest BCUT2D eigenvalue weighted by Crippen LogP contribution is 2.29. The van der Waals surface area contributed by atoms with Crippen LogP contribution in [0.2, 0.25) is 0 Å². The van der Waals surface area contributed by atoms with Crippen molar-refractivity contribution in [2.24, 2.45) is 5.92 Å². The molecule has 2 atom stereocenters. The molecule has 0 aliphatic carbocycles. The number of aliphatic hydroxyl groups is 1. The summed E-state index contributed by atoms with van der Waals surface area (Å²) in [6.07, 6.45) is -1.08. The molecule has 5 nitrogen and oxygen atoms in total. The van der Waals surface area contributed by atoms with E-state index in [4.69, 9.17) is 9.84 Å². The molecule has 0 saturated carbocycles. The Bertz CT molecular complexity index is 473. The fraction of sp³-hybridized carbons (Fsp3) is 0.562. The molecule has 5 heteroatoms. The van der Waals surface area contributed by atoms with Crippen LogP contribution in [-0.2, 0) is 4.79 Å². The van der Waals surface area contributed by atoms with Crippen LogP contribution in [0.4, 0.5) is 0 Å². The van der Waals surface area contributed by atoms with E-state index in [0.717, 1.165) is 5.56 Å². The number of carbonyl (C=O) groups is 1. The molecule has 1 aromatic carbocycles. The Morgan fingerprint density at radius 2 is 2.05 bits per heavy atom. The fourth-order valence-electron chi connectivity index (χ4n) is 2.17. The molecular weight excluding hydrogens is 270 g/mol. The maximum Gasteiger partial charge on any atom is 0.305 e. The highest BCUT2D eigenvalue weighted by Gasteiger charge is 2.26. The van der Waals surface area contributed by atoms with Crippen LogP contribution >= 0.6 is 0 Å². The summed E-state index contributed by atoms with van der Waals surface area (Å²) in [5.41, 5.74) is 1.60. The molecule has 0 spiro atoms. The summed E-state index contributed by atoms with van der Waals surface area (Å²) in [5.74, 6) is -0.00957. The molecule has 0 aliphatic heterocycles. The summed E-state index contributed by atoms with van der Waals surface area (Å²) in [5, 5.41) is 22.7. The van der Waals surface area contributed by atoms with Gasteiger partial charge in [-0.1, -0.05) is 25.5 Å². The Morgan fingerprint density at radius 3 is 2.57 bits per heavy atom. The lowest BCUT2D eigenvalue weighted by atomic mass is 9.97. The van der Waals surface area contributed by atoms with Gasteiger partial charge in [0, 0.05) is 11.6 Å². The molecule has 118 valence electrons. The predicted molar refractivity (Wildman–Crippen MR) is 81.6 cm³/mol. The molecule has 2 unspecified atom stereocenters. The van der Waals surface area contributed by atoms with Crippen molar-refractivity contribution in [3.63, 3.8) is 0 Å². The summed E-state index contributed by atoms with van der Waals surface area (Å²) in [6.45, 7) is 6.63. The lowest BCUT2D eigenvalue weighted by Crippen LogP contribution is -2.39. The lowest BCUT2D eigenvalue weighted by Gasteiger charge is -2.25. The van der Waals surface area contributed by atoms with Gasteiger partial charge in [0.2, 0.25) is 0 Å². The Hall–Kier alpha value is -1.59. The number of nitrogens with one attached hydrogen (secondary N) is 1. The van der Waals surface area contributed by atoms with E-state index in [9.17, 15) is 9.90 Å². The second-order valence-electron chi connectivity index (χ2n) is 5.70. The zero-order valence-corrected chi connectivity index (χ0v) is 13.1. The number of carboxylic acids is 1. The highest BCUT2D eigenvalue weighted by atomic mass is 16.5. The maximum atomic E-state index is 11.0. The summed E-state index contributed by atoms with van der Waals surface area (Å²) in [7, 11) is 1.54. The second-order valence-corrected chi connectivity index (χ2v) is 5.70. The number of hydrogen-bond donors (Lipinski definition) is 3. The van der Waals surface area contributed by atoms with Gasteiger partial charge in [0.15, 0.2) is 0 Å². The smallest absolute Gasteiger partial charge is 0.305 e. The number of hydrogen-bond acceptors (Lipinski definition) is 4. The quantitative estimate of drug-likeness (QED) is 0.684. The molecule has 0 fully saturated rings. The van der Waals surface area contributed by atoms with Crippen molar-refractivity contribution in [1.29, 1.82) is 0 Å². The first-order chi connectivity index (χ1) is 9.85. The molecule has 3 N–H and O–H groups in total. The number of carboxylic acid groups (broad SMARTS) is 1. The van der Waals surface area contributed by atoms with Crippen LogP contribution in [-0.4, -0.2) is 35.9 Å². The molecule has 0 amide bonds. The predicted octanol–water partition coefficient (Wildman–Crippen LogP) is 2.13. The van der Waals surface area contributed by atoms with E-state index in [0.29, 0.717) is 23.8 Å². The van der Waals surface area contributed by atoms with E-state index in [-0.39, 0.29) is 6.42 Å². The van der Waals surface area contributed by atoms with E-state index < -0.39 is 18.1 Å². The van der Waals surface area contributed by atoms with Crippen molar-refractivity contribution in [2.45, 2.75) is 39.3 Å². The highest BCUT2D eigenvalue weighted by molar-refractivity contribution is 5.67. The molecule has 1 rings (SSSR count). The third-order valence-electron chi connectivity index (χ3n) is 3.27. The van der Waals surface area contributed by atoms with E-state index in [1.54, 1.807) is 6.07 Å². The minimum Gasteiger partial charge on any atom is -0.496 e. The first-order valence-corrected chi connectivity index (χ1v) is 7.13. The number of rotatable bonds is 8. The van der Waals surface area contributed by atoms with Crippen LogP contribution in [0.5, 0.6) is 5.75 Å². The minimum absolute atomic E-state index is 0.148. The van der Waals surface area contributed by atoms with Crippen LogP contribution in [0.3, 0.4) is 0 Å². The van der Waals surface area contributed by atoms with Gasteiger partial charge in [-0.05, 0) is 31.5 Å².